The van der Waals surface area contributed by atoms with Gasteiger partial charge >= 0.3 is 0 Å². The maximum atomic E-state index is 5.64. The van der Waals surface area contributed by atoms with Crippen molar-refractivity contribution >= 4 is 39.4 Å². The van der Waals surface area contributed by atoms with Crippen molar-refractivity contribution in [2.75, 3.05) is 25.0 Å². The molecule has 0 radical (unpaired) electrons. The van der Waals surface area contributed by atoms with E-state index in [1.165, 1.54) is 30.5 Å². The number of nitrogens with zero attached hydrogens (tertiary/aromatic N) is 5. The van der Waals surface area contributed by atoms with Crippen LogP contribution in [0.15, 0.2) is 17.0 Å². The van der Waals surface area contributed by atoms with Crippen LogP contribution in [0, 0.1) is 12.3 Å². The lowest BCUT2D eigenvalue weighted by Gasteiger charge is -2.60. The quantitative estimate of drug-likeness (QED) is 0.821. The number of nitrogens with two attached hydrogens (primary N) is 1. The number of halogens is 1. The fourth-order valence-electron chi connectivity index (χ4n) is 3.85. The van der Waals surface area contributed by atoms with Crippen LogP contribution in [0.3, 0.4) is 0 Å². The highest BCUT2D eigenvalue weighted by Crippen LogP contribution is 2.52. The predicted octanol–water partition coefficient (Wildman–Crippen LogP) is 2.22. The predicted molar refractivity (Wildman–Crippen MR) is 92.6 cm³/mol. The summed E-state index contributed by atoms with van der Waals surface area (Å²) < 4.78 is 5.07. The third-order valence-corrected chi connectivity index (χ3v) is 6.25. The van der Waals surface area contributed by atoms with Gasteiger partial charge in [-0.2, -0.15) is 5.10 Å². The molecular formula is C14H19BrN6S. The summed E-state index contributed by atoms with van der Waals surface area (Å²) in [6.45, 7) is 4.28. The van der Waals surface area contributed by atoms with Gasteiger partial charge in [-0.3, -0.25) is 5.14 Å². The van der Waals surface area contributed by atoms with Crippen LogP contribution >= 0.6 is 28.1 Å². The van der Waals surface area contributed by atoms with Crippen LogP contribution in [-0.2, 0) is 0 Å². The van der Waals surface area contributed by atoms with Gasteiger partial charge in [0, 0.05) is 36.7 Å². The molecule has 118 valence electrons. The lowest BCUT2D eigenvalue weighted by Crippen LogP contribution is -2.66. The zero-order valence-electron chi connectivity index (χ0n) is 12.7. The number of anilines is 1. The molecule has 1 spiro atoms. The van der Waals surface area contributed by atoms with Crippen LogP contribution in [0.4, 0.5) is 5.82 Å². The fourth-order valence-corrected chi connectivity index (χ4v) is 4.78. The van der Waals surface area contributed by atoms with Gasteiger partial charge < -0.3 is 4.90 Å². The second-order valence-electron chi connectivity index (χ2n) is 6.56. The van der Waals surface area contributed by atoms with Crippen molar-refractivity contribution in [3.05, 3.63) is 22.6 Å². The summed E-state index contributed by atoms with van der Waals surface area (Å²) in [5.41, 5.74) is 2.78. The van der Waals surface area contributed by atoms with Crippen molar-refractivity contribution in [2.45, 2.75) is 25.8 Å². The minimum Gasteiger partial charge on any atom is -0.354 e. The largest absolute Gasteiger partial charge is 0.354 e. The summed E-state index contributed by atoms with van der Waals surface area (Å²) in [7, 11) is 2.08. The summed E-state index contributed by atoms with van der Waals surface area (Å²) in [5.74, 6) is 1.05. The Balaban J connectivity index is 1.53. The summed E-state index contributed by atoms with van der Waals surface area (Å²) in [6.07, 6.45) is 4.10. The van der Waals surface area contributed by atoms with Crippen molar-refractivity contribution in [3.8, 4) is 0 Å². The maximum Gasteiger partial charge on any atom is 0.156 e. The Bertz CT molecular complexity index is 717. The molecule has 2 aromatic rings. The van der Waals surface area contributed by atoms with Crippen molar-refractivity contribution < 1.29 is 0 Å². The van der Waals surface area contributed by atoms with E-state index in [1.807, 2.05) is 4.52 Å². The van der Waals surface area contributed by atoms with Crippen molar-refractivity contribution in [2.24, 2.45) is 10.6 Å². The number of rotatable bonds is 3. The third-order valence-electron chi connectivity index (χ3n) is 5.05. The minimum absolute atomic E-state index is 0.467. The topological polar surface area (TPSA) is 62.7 Å². The minimum atomic E-state index is 0.467. The number of hydrogen-bond donors (Lipinski definition) is 1. The highest BCUT2D eigenvalue weighted by Gasteiger charge is 2.54. The van der Waals surface area contributed by atoms with Crippen LogP contribution < -0.4 is 10.0 Å². The second kappa shape index (κ2) is 5.09. The fraction of sp³-hybridized carbons (Fsp3) is 0.571. The summed E-state index contributed by atoms with van der Waals surface area (Å²) in [5, 5.41) is 9.97. The summed E-state index contributed by atoms with van der Waals surface area (Å²) in [6, 6.07) is 2.71. The maximum absolute atomic E-state index is 5.64. The van der Waals surface area contributed by atoms with Crippen molar-refractivity contribution in [1.82, 2.24) is 18.9 Å². The van der Waals surface area contributed by atoms with Gasteiger partial charge in [0.15, 0.2) is 5.82 Å². The molecule has 2 aliphatic rings. The number of fused-ring (bicyclic) bond motifs is 1. The van der Waals surface area contributed by atoms with E-state index in [2.05, 4.69) is 55.3 Å². The summed E-state index contributed by atoms with van der Waals surface area (Å²) >= 11 is 4.89. The molecular weight excluding hydrogens is 364 g/mol. The van der Waals surface area contributed by atoms with Crippen molar-refractivity contribution in [1.29, 1.82) is 0 Å². The summed E-state index contributed by atoms with van der Waals surface area (Å²) in [4.78, 5) is 6.91. The van der Waals surface area contributed by atoms with E-state index < -0.39 is 0 Å². The number of hydrogen-bond acceptors (Lipinski definition) is 6. The Morgan fingerprint density at radius 1 is 1.45 bits per heavy atom. The van der Waals surface area contributed by atoms with E-state index in [-0.39, 0.29) is 0 Å². The molecule has 4 rings (SSSR count). The highest BCUT2D eigenvalue weighted by atomic mass is 79.9. The van der Waals surface area contributed by atoms with Crippen molar-refractivity contribution in [3.63, 3.8) is 0 Å². The molecule has 0 amide bonds. The van der Waals surface area contributed by atoms with Gasteiger partial charge in [-0.25, -0.2) is 13.8 Å². The standard InChI is InChI=1S/C14H19BrN6S/c1-9-3-11(15)21-12(9)13(17-8-18-21)20-6-14(7-20)4-10(5-14)19(2)22-16/h3,8,10H,4-7,16H2,1-2H3. The van der Waals surface area contributed by atoms with Gasteiger partial charge in [0.1, 0.15) is 16.4 Å². The smallest absolute Gasteiger partial charge is 0.156 e. The Morgan fingerprint density at radius 3 is 2.86 bits per heavy atom. The van der Waals surface area contributed by atoms with Crippen LogP contribution in [-0.4, -0.2) is 45.1 Å². The van der Waals surface area contributed by atoms with Gasteiger partial charge in [-0.05, 0) is 54.4 Å². The molecule has 1 aliphatic heterocycles. The van der Waals surface area contributed by atoms with E-state index in [9.17, 15) is 0 Å². The van der Waals surface area contributed by atoms with E-state index >= 15 is 0 Å². The first-order valence-electron chi connectivity index (χ1n) is 7.36. The zero-order chi connectivity index (χ0) is 15.5. The van der Waals surface area contributed by atoms with Gasteiger partial charge in [-0.1, -0.05) is 0 Å². The van der Waals surface area contributed by atoms with E-state index in [0.29, 0.717) is 11.5 Å². The van der Waals surface area contributed by atoms with E-state index in [1.54, 1.807) is 6.33 Å². The SMILES string of the molecule is Cc1cc(Br)n2ncnc(N3CC4(CC(N(C)SN)C4)C3)c12. The molecule has 2 fully saturated rings. The first-order valence-corrected chi connectivity index (χ1v) is 8.99. The third kappa shape index (κ3) is 2.08. The van der Waals surface area contributed by atoms with Crippen LogP contribution in [0.25, 0.3) is 5.52 Å². The molecule has 0 aromatic carbocycles. The Hall–Kier alpha value is -0.830. The molecule has 0 atom stereocenters. The number of aryl methyl sites for hydroxylation is 1. The average molecular weight is 383 g/mol. The van der Waals surface area contributed by atoms with E-state index in [4.69, 9.17) is 5.14 Å². The molecule has 0 bridgehead atoms. The molecule has 1 saturated carbocycles. The lowest BCUT2D eigenvalue weighted by atomic mass is 9.60. The highest BCUT2D eigenvalue weighted by molar-refractivity contribution is 9.10. The normalized spacial score (nSPS) is 20.7. The molecule has 22 heavy (non-hydrogen) atoms. The van der Waals surface area contributed by atoms with Gasteiger partial charge in [0.05, 0.1) is 0 Å². The first-order chi connectivity index (χ1) is 10.5. The molecule has 1 aliphatic carbocycles. The lowest BCUT2D eigenvalue weighted by molar-refractivity contribution is 0.0240. The zero-order valence-corrected chi connectivity index (χ0v) is 15.1. The molecule has 3 heterocycles. The molecule has 0 unspecified atom stereocenters. The molecule has 2 aromatic heterocycles. The Labute approximate surface area is 142 Å². The Kier molecular flexibility index (Phi) is 3.41. The van der Waals surface area contributed by atoms with Gasteiger partial charge in [0.25, 0.3) is 0 Å². The molecule has 8 heteroatoms. The second-order valence-corrected chi connectivity index (χ2v) is 8.16. The molecule has 6 nitrogen and oxygen atoms in total. The number of aromatic nitrogens is 3. The molecule has 2 N–H and O–H groups in total. The van der Waals surface area contributed by atoms with Gasteiger partial charge in [0.2, 0.25) is 0 Å². The monoisotopic (exact) mass is 382 g/mol. The first kappa shape index (κ1) is 14.7. The molecule has 1 saturated heterocycles. The van der Waals surface area contributed by atoms with Gasteiger partial charge in [-0.15, -0.1) is 0 Å². The van der Waals surface area contributed by atoms with Crippen LogP contribution in [0.5, 0.6) is 0 Å². The average Bonchev–Trinajstić information content (AvgIpc) is 2.71. The van der Waals surface area contributed by atoms with Crippen LogP contribution in [0.2, 0.25) is 0 Å². The Morgan fingerprint density at radius 2 is 2.18 bits per heavy atom. The van der Waals surface area contributed by atoms with Crippen LogP contribution in [0.1, 0.15) is 18.4 Å². The van der Waals surface area contributed by atoms with E-state index in [0.717, 1.165) is 29.0 Å².